The van der Waals surface area contributed by atoms with Crippen LogP contribution in [0.15, 0.2) is 54.7 Å². The molecule has 0 aliphatic carbocycles. The normalized spacial score (nSPS) is 11.9. The molecule has 1 aromatic heterocycles. The highest BCUT2D eigenvalue weighted by atomic mass is 35.5. The van der Waals surface area contributed by atoms with Crippen LogP contribution < -0.4 is 10.6 Å². The first-order valence-electron chi connectivity index (χ1n) is 10.8. The van der Waals surface area contributed by atoms with Crippen LogP contribution in [0.3, 0.4) is 0 Å². The van der Waals surface area contributed by atoms with Crippen molar-refractivity contribution in [3.8, 4) is 5.69 Å². The van der Waals surface area contributed by atoms with Gasteiger partial charge in [0.25, 0.3) is 11.8 Å². The number of nitrogens with one attached hydrogen (secondary N) is 2. The molecule has 7 heteroatoms. The van der Waals surface area contributed by atoms with Crippen LogP contribution in [-0.2, 0) is 6.54 Å². The molecule has 0 aliphatic heterocycles. The molecule has 1 heterocycles. The smallest absolute Gasteiger partial charge is 0.255 e. The van der Waals surface area contributed by atoms with E-state index in [-0.39, 0.29) is 23.8 Å². The van der Waals surface area contributed by atoms with Gasteiger partial charge in [0.2, 0.25) is 0 Å². The maximum Gasteiger partial charge on any atom is 0.255 e. The number of carbonyl (C=O) groups excluding carboxylic acids is 2. The van der Waals surface area contributed by atoms with Gasteiger partial charge in [0.15, 0.2) is 0 Å². The molecule has 0 bridgehead atoms. The lowest BCUT2D eigenvalue weighted by Crippen LogP contribution is -2.32. The maximum absolute atomic E-state index is 13.0. The summed E-state index contributed by atoms with van der Waals surface area (Å²) in [6.07, 6.45) is 2.45. The fraction of sp³-hybridized carbons (Fsp3) is 0.320. The van der Waals surface area contributed by atoms with Crippen molar-refractivity contribution >= 4 is 23.4 Å². The Morgan fingerprint density at radius 2 is 1.81 bits per heavy atom. The van der Waals surface area contributed by atoms with Crippen LogP contribution >= 0.6 is 11.6 Å². The van der Waals surface area contributed by atoms with Crippen LogP contribution in [0.2, 0.25) is 5.02 Å². The van der Waals surface area contributed by atoms with Gasteiger partial charge in [-0.05, 0) is 55.2 Å². The lowest BCUT2D eigenvalue weighted by atomic mass is 10.0. The molecule has 1 atom stereocenters. The molecule has 0 aliphatic rings. The number of benzene rings is 2. The van der Waals surface area contributed by atoms with Gasteiger partial charge in [0.1, 0.15) is 0 Å². The minimum atomic E-state index is -0.212. The van der Waals surface area contributed by atoms with Crippen molar-refractivity contribution in [2.24, 2.45) is 0 Å². The number of nitrogens with zero attached hydrogens (tertiary/aromatic N) is 2. The van der Waals surface area contributed by atoms with Gasteiger partial charge in [0.05, 0.1) is 23.1 Å². The van der Waals surface area contributed by atoms with E-state index >= 15 is 0 Å². The predicted molar refractivity (Wildman–Crippen MR) is 127 cm³/mol. The van der Waals surface area contributed by atoms with Crippen molar-refractivity contribution < 1.29 is 9.59 Å². The standard InChI is InChI=1S/C25H29ClN4O2/c1-5-17(4)29-24(31)19-9-6-8-18(12-19)14-27-25(32)22-15-28-30(23(22)16(2)3)21-11-7-10-20(26)13-21/h6-13,15-17H,5,14H2,1-4H3,(H,27,32)(H,29,31). The largest absolute Gasteiger partial charge is 0.350 e. The molecule has 2 N–H and O–H groups in total. The summed E-state index contributed by atoms with van der Waals surface area (Å²) in [5.74, 6) is -0.251. The maximum atomic E-state index is 13.0. The number of hydrogen-bond acceptors (Lipinski definition) is 3. The van der Waals surface area contributed by atoms with Crippen molar-refractivity contribution in [3.05, 3.63) is 82.1 Å². The highest BCUT2D eigenvalue weighted by Gasteiger charge is 2.21. The Labute approximate surface area is 194 Å². The second-order valence-electron chi connectivity index (χ2n) is 8.16. The van der Waals surface area contributed by atoms with E-state index < -0.39 is 0 Å². The third kappa shape index (κ3) is 5.56. The molecule has 3 aromatic rings. The van der Waals surface area contributed by atoms with Crippen molar-refractivity contribution in [1.29, 1.82) is 0 Å². The van der Waals surface area contributed by atoms with E-state index in [1.165, 1.54) is 0 Å². The third-order valence-electron chi connectivity index (χ3n) is 5.28. The summed E-state index contributed by atoms with van der Waals surface area (Å²) in [7, 11) is 0. The lowest BCUT2D eigenvalue weighted by Gasteiger charge is -2.14. The summed E-state index contributed by atoms with van der Waals surface area (Å²) in [5, 5.41) is 11.0. The number of halogens is 1. The van der Waals surface area contributed by atoms with E-state index in [1.54, 1.807) is 29.1 Å². The van der Waals surface area contributed by atoms with Crippen molar-refractivity contribution in [1.82, 2.24) is 20.4 Å². The molecule has 0 spiro atoms. The Bertz CT molecular complexity index is 1110. The average Bonchev–Trinajstić information content (AvgIpc) is 3.23. The molecule has 2 amide bonds. The Kier molecular flexibility index (Phi) is 7.70. The Morgan fingerprint density at radius 3 is 2.50 bits per heavy atom. The van der Waals surface area contributed by atoms with Crippen LogP contribution in [0.4, 0.5) is 0 Å². The van der Waals surface area contributed by atoms with Crippen molar-refractivity contribution in [2.45, 2.75) is 52.6 Å². The summed E-state index contributed by atoms with van der Waals surface area (Å²) >= 11 is 6.14. The highest BCUT2D eigenvalue weighted by Crippen LogP contribution is 2.24. The summed E-state index contributed by atoms with van der Waals surface area (Å²) in [6, 6.07) is 14.8. The second kappa shape index (κ2) is 10.5. The van der Waals surface area contributed by atoms with E-state index in [2.05, 4.69) is 15.7 Å². The van der Waals surface area contributed by atoms with Gasteiger partial charge in [-0.3, -0.25) is 9.59 Å². The zero-order valence-electron chi connectivity index (χ0n) is 18.9. The van der Waals surface area contributed by atoms with Gasteiger partial charge < -0.3 is 10.6 Å². The molecule has 1 unspecified atom stereocenters. The molecular weight excluding hydrogens is 424 g/mol. The van der Waals surface area contributed by atoms with E-state index in [1.807, 2.05) is 58.0 Å². The number of amides is 2. The fourth-order valence-corrected chi connectivity index (χ4v) is 3.60. The van der Waals surface area contributed by atoms with Gasteiger partial charge in [0, 0.05) is 23.2 Å². The van der Waals surface area contributed by atoms with E-state index in [0.717, 1.165) is 23.4 Å². The SMILES string of the molecule is CCC(C)NC(=O)c1cccc(CNC(=O)c2cnn(-c3cccc(Cl)c3)c2C(C)C)c1. The van der Waals surface area contributed by atoms with Crippen LogP contribution in [-0.4, -0.2) is 27.6 Å². The topological polar surface area (TPSA) is 76.0 Å². The van der Waals surface area contributed by atoms with Crippen LogP contribution in [0.25, 0.3) is 5.69 Å². The van der Waals surface area contributed by atoms with Gasteiger partial charge >= 0.3 is 0 Å². The van der Waals surface area contributed by atoms with Gasteiger partial charge in [-0.25, -0.2) is 4.68 Å². The molecule has 0 saturated heterocycles. The van der Waals surface area contributed by atoms with Gasteiger partial charge in [-0.2, -0.15) is 5.10 Å². The van der Waals surface area contributed by atoms with Gasteiger partial charge in [-0.15, -0.1) is 0 Å². The predicted octanol–water partition coefficient (Wildman–Crippen LogP) is 5.11. The average molecular weight is 453 g/mol. The van der Waals surface area contributed by atoms with E-state index in [9.17, 15) is 9.59 Å². The van der Waals surface area contributed by atoms with Crippen LogP contribution in [0.1, 0.15) is 72.0 Å². The summed E-state index contributed by atoms with van der Waals surface area (Å²) in [6.45, 7) is 8.35. The monoisotopic (exact) mass is 452 g/mol. The van der Waals surface area contributed by atoms with Gasteiger partial charge in [-0.1, -0.05) is 50.6 Å². The van der Waals surface area contributed by atoms with E-state index in [0.29, 0.717) is 22.7 Å². The summed E-state index contributed by atoms with van der Waals surface area (Å²) in [4.78, 5) is 25.4. The Hall–Kier alpha value is -3.12. The molecule has 3 rings (SSSR count). The van der Waals surface area contributed by atoms with Crippen LogP contribution in [0, 0.1) is 0 Å². The van der Waals surface area contributed by atoms with Crippen LogP contribution in [0.5, 0.6) is 0 Å². The number of carbonyl (C=O) groups is 2. The summed E-state index contributed by atoms with van der Waals surface area (Å²) < 4.78 is 1.76. The quantitative estimate of drug-likeness (QED) is 0.498. The minimum Gasteiger partial charge on any atom is -0.350 e. The van der Waals surface area contributed by atoms with Crippen molar-refractivity contribution in [3.63, 3.8) is 0 Å². The highest BCUT2D eigenvalue weighted by molar-refractivity contribution is 6.30. The molecule has 0 fully saturated rings. The zero-order chi connectivity index (χ0) is 23.3. The molecule has 0 saturated carbocycles. The number of rotatable bonds is 8. The lowest BCUT2D eigenvalue weighted by molar-refractivity contribution is 0.0936. The minimum absolute atomic E-state index is 0.0739. The molecular formula is C25H29ClN4O2. The Balaban J connectivity index is 1.76. The van der Waals surface area contributed by atoms with Crippen molar-refractivity contribution in [2.75, 3.05) is 0 Å². The molecule has 6 nitrogen and oxygen atoms in total. The molecule has 32 heavy (non-hydrogen) atoms. The third-order valence-corrected chi connectivity index (χ3v) is 5.52. The second-order valence-corrected chi connectivity index (χ2v) is 8.59. The molecule has 0 radical (unpaired) electrons. The first-order chi connectivity index (χ1) is 15.3. The number of hydrogen-bond donors (Lipinski definition) is 2. The molecule has 168 valence electrons. The Morgan fingerprint density at radius 1 is 1.06 bits per heavy atom. The number of aromatic nitrogens is 2. The zero-order valence-corrected chi connectivity index (χ0v) is 19.6. The molecule has 2 aromatic carbocycles. The summed E-state index contributed by atoms with van der Waals surface area (Å²) in [5.41, 5.74) is 3.56. The van der Waals surface area contributed by atoms with E-state index in [4.69, 9.17) is 11.6 Å². The first-order valence-corrected chi connectivity index (χ1v) is 11.2. The fourth-order valence-electron chi connectivity index (χ4n) is 3.41. The first kappa shape index (κ1) is 23.5.